The van der Waals surface area contributed by atoms with Gasteiger partial charge in [0.2, 0.25) is 12.2 Å². The molecule has 0 bridgehead atoms. The molecule has 2 aromatic rings. The number of nitrogens with one attached hydrogen (secondary N) is 1. The average Bonchev–Trinajstić information content (AvgIpc) is 2.99. The first-order valence-electron chi connectivity index (χ1n) is 7.11. The molecular formula is C15H19N3O2. The quantitative estimate of drug-likeness (QED) is 0.907. The van der Waals surface area contributed by atoms with E-state index in [0.29, 0.717) is 18.5 Å². The number of hydrogen-bond acceptors (Lipinski definition) is 5. The maximum atomic E-state index is 5.73. The Morgan fingerprint density at radius 2 is 2.40 bits per heavy atom. The van der Waals surface area contributed by atoms with Crippen molar-refractivity contribution < 1.29 is 9.26 Å². The molecule has 5 heteroatoms. The molecule has 1 N–H and O–H groups in total. The Bertz CT molecular complexity index is 554. The molecule has 1 aliphatic carbocycles. The van der Waals surface area contributed by atoms with Gasteiger partial charge < -0.3 is 14.6 Å². The molecule has 1 aliphatic rings. The van der Waals surface area contributed by atoms with Crippen LogP contribution in [0.4, 0.5) is 0 Å². The summed E-state index contributed by atoms with van der Waals surface area (Å²) in [4.78, 5) is 3.95. The smallest absolute Gasteiger partial charge is 0.213 e. The van der Waals surface area contributed by atoms with Crippen LogP contribution in [0.3, 0.4) is 0 Å². The van der Waals surface area contributed by atoms with E-state index in [0.717, 1.165) is 18.7 Å². The Balaban J connectivity index is 1.74. The minimum absolute atomic E-state index is 0.334. The molecule has 1 heterocycles. The van der Waals surface area contributed by atoms with E-state index in [1.54, 1.807) is 0 Å². The molecule has 0 fully saturated rings. The molecule has 106 valence electrons. The van der Waals surface area contributed by atoms with Crippen LogP contribution in [-0.4, -0.2) is 16.7 Å². The molecule has 1 atom stereocenters. The normalized spacial score (nSPS) is 17.8. The molecule has 0 amide bonds. The largest absolute Gasteiger partial charge is 0.485 e. The molecule has 1 aromatic carbocycles. The third kappa shape index (κ3) is 2.82. The molecule has 3 rings (SSSR count). The van der Waals surface area contributed by atoms with Crippen LogP contribution in [0.5, 0.6) is 5.75 Å². The van der Waals surface area contributed by atoms with Gasteiger partial charge in [0.1, 0.15) is 5.75 Å². The SMILES string of the molecule is CCNC1CCCc2ccc(OCc3ncon3)cc21. The fourth-order valence-electron chi connectivity index (χ4n) is 2.73. The third-order valence-corrected chi connectivity index (χ3v) is 3.66. The summed E-state index contributed by atoms with van der Waals surface area (Å²) in [6, 6.07) is 6.77. The lowest BCUT2D eigenvalue weighted by Gasteiger charge is -2.26. The van der Waals surface area contributed by atoms with E-state index in [2.05, 4.69) is 34.5 Å². The second-order valence-corrected chi connectivity index (χ2v) is 5.00. The van der Waals surface area contributed by atoms with Crippen LogP contribution in [0.25, 0.3) is 0 Å². The van der Waals surface area contributed by atoms with Gasteiger partial charge in [-0.25, -0.2) is 0 Å². The summed E-state index contributed by atoms with van der Waals surface area (Å²) in [6.45, 7) is 3.46. The van der Waals surface area contributed by atoms with Gasteiger partial charge in [0.05, 0.1) is 0 Å². The van der Waals surface area contributed by atoms with Crippen LogP contribution in [0.1, 0.15) is 42.8 Å². The molecule has 0 saturated carbocycles. The summed E-state index contributed by atoms with van der Waals surface area (Å²) >= 11 is 0. The number of aryl methyl sites for hydroxylation is 1. The first-order valence-corrected chi connectivity index (χ1v) is 7.11. The van der Waals surface area contributed by atoms with E-state index in [4.69, 9.17) is 9.26 Å². The van der Waals surface area contributed by atoms with Gasteiger partial charge >= 0.3 is 0 Å². The number of ether oxygens (including phenoxy) is 1. The molecular weight excluding hydrogens is 254 g/mol. The van der Waals surface area contributed by atoms with Gasteiger partial charge in [0.15, 0.2) is 6.61 Å². The minimum atomic E-state index is 0.334. The monoisotopic (exact) mass is 273 g/mol. The molecule has 0 radical (unpaired) electrons. The molecule has 0 spiro atoms. The number of benzene rings is 1. The van der Waals surface area contributed by atoms with Crippen LogP contribution in [0.15, 0.2) is 29.1 Å². The van der Waals surface area contributed by atoms with Crippen LogP contribution >= 0.6 is 0 Å². The Morgan fingerprint density at radius 1 is 1.45 bits per heavy atom. The van der Waals surface area contributed by atoms with Crippen LogP contribution < -0.4 is 10.1 Å². The number of fused-ring (bicyclic) bond motifs is 1. The molecule has 0 aliphatic heterocycles. The van der Waals surface area contributed by atoms with Crippen molar-refractivity contribution in [2.45, 2.75) is 38.8 Å². The zero-order chi connectivity index (χ0) is 13.8. The Hall–Kier alpha value is -1.88. The first-order chi connectivity index (χ1) is 9.86. The summed E-state index contributed by atoms with van der Waals surface area (Å²) in [5.41, 5.74) is 2.79. The van der Waals surface area contributed by atoms with Gasteiger partial charge in [-0.3, -0.25) is 0 Å². The lowest BCUT2D eigenvalue weighted by atomic mass is 9.87. The molecule has 5 nitrogen and oxygen atoms in total. The highest BCUT2D eigenvalue weighted by molar-refractivity contribution is 5.39. The molecule has 1 unspecified atom stereocenters. The van der Waals surface area contributed by atoms with Crippen molar-refractivity contribution in [2.24, 2.45) is 0 Å². The van der Waals surface area contributed by atoms with Crippen molar-refractivity contribution in [3.63, 3.8) is 0 Å². The predicted octanol–water partition coefficient (Wildman–Crippen LogP) is 2.64. The number of nitrogens with zero attached hydrogens (tertiary/aromatic N) is 2. The summed E-state index contributed by atoms with van der Waals surface area (Å²) in [5, 5.41) is 7.28. The van der Waals surface area contributed by atoms with Gasteiger partial charge in [0, 0.05) is 6.04 Å². The van der Waals surface area contributed by atoms with Crippen molar-refractivity contribution in [2.75, 3.05) is 6.54 Å². The van der Waals surface area contributed by atoms with Gasteiger partial charge in [-0.05, 0) is 49.1 Å². The number of hydrogen-bond donors (Lipinski definition) is 1. The van der Waals surface area contributed by atoms with Crippen LogP contribution in [-0.2, 0) is 13.0 Å². The summed E-state index contributed by atoms with van der Waals surface area (Å²) in [6.07, 6.45) is 4.90. The third-order valence-electron chi connectivity index (χ3n) is 3.66. The van der Waals surface area contributed by atoms with Gasteiger partial charge in [-0.15, -0.1) is 0 Å². The van der Waals surface area contributed by atoms with E-state index in [9.17, 15) is 0 Å². The zero-order valence-corrected chi connectivity index (χ0v) is 11.6. The number of aromatic nitrogens is 2. The topological polar surface area (TPSA) is 60.2 Å². The van der Waals surface area contributed by atoms with E-state index in [-0.39, 0.29) is 0 Å². The van der Waals surface area contributed by atoms with Crippen molar-refractivity contribution in [1.82, 2.24) is 15.5 Å². The maximum Gasteiger partial charge on any atom is 0.213 e. The second kappa shape index (κ2) is 6.05. The van der Waals surface area contributed by atoms with Crippen molar-refractivity contribution in [3.05, 3.63) is 41.5 Å². The lowest BCUT2D eigenvalue weighted by molar-refractivity contribution is 0.285. The first kappa shape index (κ1) is 13.1. The van der Waals surface area contributed by atoms with Crippen molar-refractivity contribution in [3.8, 4) is 5.75 Å². The van der Waals surface area contributed by atoms with E-state index in [1.807, 2.05) is 6.07 Å². The van der Waals surface area contributed by atoms with E-state index in [1.165, 1.54) is 30.4 Å². The van der Waals surface area contributed by atoms with Gasteiger partial charge in [-0.1, -0.05) is 18.1 Å². The van der Waals surface area contributed by atoms with Gasteiger partial charge in [-0.2, -0.15) is 4.98 Å². The van der Waals surface area contributed by atoms with E-state index >= 15 is 0 Å². The fourth-order valence-corrected chi connectivity index (χ4v) is 2.73. The van der Waals surface area contributed by atoms with Crippen LogP contribution in [0, 0.1) is 0 Å². The Kier molecular flexibility index (Phi) is 3.97. The predicted molar refractivity (Wildman–Crippen MR) is 74.4 cm³/mol. The average molecular weight is 273 g/mol. The van der Waals surface area contributed by atoms with Crippen molar-refractivity contribution in [1.29, 1.82) is 0 Å². The highest BCUT2D eigenvalue weighted by atomic mass is 16.5. The Morgan fingerprint density at radius 3 is 3.20 bits per heavy atom. The highest BCUT2D eigenvalue weighted by Gasteiger charge is 2.19. The standard InChI is InChI=1S/C15H19N3O2/c1-2-16-14-5-3-4-11-6-7-12(8-13(11)14)19-9-15-17-10-20-18-15/h6-8,10,14,16H,2-5,9H2,1H3. The number of rotatable bonds is 5. The van der Waals surface area contributed by atoms with Gasteiger partial charge in [0.25, 0.3) is 0 Å². The summed E-state index contributed by atoms with van der Waals surface area (Å²) in [7, 11) is 0. The second-order valence-electron chi connectivity index (χ2n) is 5.00. The molecule has 0 saturated heterocycles. The lowest BCUT2D eigenvalue weighted by Crippen LogP contribution is -2.24. The van der Waals surface area contributed by atoms with Crippen molar-refractivity contribution >= 4 is 0 Å². The van der Waals surface area contributed by atoms with E-state index < -0.39 is 0 Å². The zero-order valence-electron chi connectivity index (χ0n) is 11.6. The maximum absolute atomic E-state index is 5.73. The van der Waals surface area contributed by atoms with Crippen LogP contribution in [0.2, 0.25) is 0 Å². The molecule has 20 heavy (non-hydrogen) atoms. The summed E-state index contributed by atoms with van der Waals surface area (Å²) < 4.78 is 10.4. The minimum Gasteiger partial charge on any atom is -0.485 e. The summed E-state index contributed by atoms with van der Waals surface area (Å²) in [5.74, 6) is 1.42. The highest BCUT2D eigenvalue weighted by Crippen LogP contribution is 2.32. The fraction of sp³-hybridized carbons (Fsp3) is 0.467. The Labute approximate surface area is 118 Å². The molecule has 1 aromatic heterocycles.